The molecule has 0 amide bonds. The summed E-state index contributed by atoms with van der Waals surface area (Å²) in [5.41, 5.74) is 9.71. The van der Waals surface area contributed by atoms with Crippen molar-refractivity contribution in [3.05, 3.63) is 54.1 Å². The molecule has 3 heterocycles. The zero-order valence-corrected chi connectivity index (χ0v) is 21.9. The number of morpholine rings is 1. The third kappa shape index (κ3) is 5.48. The molecule has 1 aliphatic rings. The van der Waals surface area contributed by atoms with Gasteiger partial charge in [0.25, 0.3) is 0 Å². The molecule has 4 aromatic rings. The van der Waals surface area contributed by atoms with E-state index in [1.54, 1.807) is 24.5 Å². The van der Waals surface area contributed by atoms with Crippen molar-refractivity contribution in [1.82, 2.24) is 19.9 Å². The SMILES string of the molecule is CCc1cc(-c2cccc(NSCCCF)c2F)cc2c(N3CCOCC3)nc(-c3cnc(N)nc3)nc12. The summed E-state index contributed by atoms with van der Waals surface area (Å²) in [5.74, 6) is 1.65. The Morgan fingerprint density at radius 3 is 2.63 bits per heavy atom. The average molecular weight is 538 g/mol. The van der Waals surface area contributed by atoms with Gasteiger partial charge in [0.1, 0.15) is 5.82 Å². The second-order valence-corrected chi connectivity index (χ2v) is 9.75. The fraction of sp³-hybridized carbons (Fsp3) is 0.333. The molecular formula is C27H29F2N7OS. The molecule has 3 N–H and O–H groups in total. The minimum atomic E-state index is -0.394. The van der Waals surface area contributed by atoms with E-state index in [0.717, 1.165) is 27.8 Å². The second-order valence-electron chi connectivity index (χ2n) is 8.85. The zero-order chi connectivity index (χ0) is 26.5. The van der Waals surface area contributed by atoms with E-state index in [9.17, 15) is 4.39 Å². The predicted octanol–water partition coefficient (Wildman–Crippen LogP) is 5.29. The standard InChI is InChI=1S/C27H29F2N7OS/c1-2-17-13-18(20-5-3-6-22(23(20)29)35-38-12-4-7-28)14-21-24(17)33-25(19-15-31-27(30)32-16-19)34-26(21)36-8-10-37-11-9-36/h3,5-6,13-16,35H,2,4,7-12H2,1H3,(H2,30,31,32). The molecule has 1 fully saturated rings. The molecule has 0 unspecified atom stereocenters. The van der Waals surface area contributed by atoms with Crippen molar-refractivity contribution in [3.8, 4) is 22.5 Å². The van der Waals surface area contributed by atoms with E-state index in [2.05, 4.69) is 26.5 Å². The van der Waals surface area contributed by atoms with Crippen LogP contribution in [0, 0.1) is 5.82 Å². The molecule has 1 saturated heterocycles. The number of hydrogen-bond donors (Lipinski definition) is 2. The first-order valence-corrected chi connectivity index (χ1v) is 13.6. The van der Waals surface area contributed by atoms with E-state index in [1.807, 2.05) is 18.2 Å². The molecule has 0 saturated carbocycles. The van der Waals surface area contributed by atoms with E-state index in [0.29, 0.717) is 67.5 Å². The minimum absolute atomic E-state index is 0.182. The summed E-state index contributed by atoms with van der Waals surface area (Å²) in [6.45, 7) is 4.20. The number of aromatic nitrogens is 4. The van der Waals surface area contributed by atoms with Gasteiger partial charge in [-0.25, -0.2) is 24.3 Å². The molecule has 0 bridgehead atoms. The third-order valence-electron chi connectivity index (χ3n) is 6.35. The topological polar surface area (TPSA) is 102 Å². The Balaban J connectivity index is 1.64. The number of ether oxygens (including phenoxy) is 1. The predicted molar refractivity (Wildman–Crippen MR) is 149 cm³/mol. The van der Waals surface area contributed by atoms with Gasteiger partial charge >= 0.3 is 0 Å². The highest BCUT2D eigenvalue weighted by molar-refractivity contribution is 8.00. The van der Waals surface area contributed by atoms with Gasteiger partial charge in [-0.3, -0.25) is 4.39 Å². The van der Waals surface area contributed by atoms with Gasteiger partial charge in [-0.15, -0.1) is 0 Å². The highest BCUT2D eigenvalue weighted by Gasteiger charge is 2.21. The maximum absolute atomic E-state index is 15.6. The van der Waals surface area contributed by atoms with Crippen LogP contribution in [-0.4, -0.2) is 58.7 Å². The molecule has 0 atom stereocenters. The Hall–Kier alpha value is -3.57. The Morgan fingerprint density at radius 1 is 1.11 bits per heavy atom. The van der Waals surface area contributed by atoms with Gasteiger partial charge in [-0.1, -0.05) is 31.0 Å². The van der Waals surface area contributed by atoms with Crippen molar-refractivity contribution in [1.29, 1.82) is 0 Å². The number of fused-ring (bicyclic) bond motifs is 1. The van der Waals surface area contributed by atoms with Crippen molar-refractivity contribution in [3.63, 3.8) is 0 Å². The Bertz CT molecular complexity index is 1420. The number of nitrogens with zero attached hydrogens (tertiary/aromatic N) is 5. The summed E-state index contributed by atoms with van der Waals surface area (Å²) in [6.07, 6.45) is 4.34. The van der Waals surface area contributed by atoms with E-state index in [-0.39, 0.29) is 11.8 Å². The van der Waals surface area contributed by atoms with E-state index >= 15 is 4.39 Å². The first-order valence-electron chi connectivity index (χ1n) is 12.6. The minimum Gasteiger partial charge on any atom is -0.378 e. The van der Waals surface area contributed by atoms with Crippen LogP contribution in [0.25, 0.3) is 33.4 Å². The number of alkyl halides is 1. The third-order valence-corrected chi connectivity index (χ3v) is 7.21. The number of benzene rings is 2. The molecule has 11 heteroatoms. The van der Waals surface area contributed by atoms with Crippen LogP contribution in [0.15, 0.2) is 42.7 Å². The van der Waals surface area contributed by atoms with Crippen LogP contribution < -0.4 is 15.4 Å². The molecule has 0 radical (unpaired) electrons. The summed E-state index contributed by atoms with van der Waals surface area (Å²) >= 11 is 1.29. The van der Waals surface area contributed by atoms with Gasteiger partial charge in [0.2, 0.25) is 5.95 Å². The lowest BCUT2D eigenvalue weighted by Crippen LogP contribution is -2.37. The van der Waals surface area contributed by atoms with Gasteiger partial charge in [0, 0.05) is 42.2 Å². The second kappa shape index (κ2) is 11.9. The zero-order valence-electron chi connectivity index (χ0n) is 21.1. The fourth-order valence-electron chi connectivity index (χ4n) is 4.40. The smallest absolute Gasteiger partial charge is 0.219 e. The van der Waals surface area contributed by atoms with Crippen LogP contribution >= 0.6 is 11.9 Å². The number of anilines is 3. The van der Waals surface area contributed by atoms with Gasteiger partial charge in [-0.05, 0) is 42.2 Å². The van der Waals surface area contributed by atoms with Gasteiger partial charge in [0.05, 0.1) is 36.7 Å². The largest absolute Gasteiger partial charge is 0.378 e. The van der Waals surface area contributed by atoms with E-state index in [4.69, 9.17) is 20.4 Å². The van der Waals surface area contributed by atoms with Crippen LogP contribution in [0.4, 0.5) is 26.2 Å². The summed E-state index contributed by atoms with van der Waals surface area (Å²) in [5, 5.41) is 0.844. The fourth-order valence-corrected chi connectivity index (χ4v) is 5.07. The maximum atomic E-state index is 15.6. The van der Waals surface area contributed by atoms with Crippen LogP contribution in [-0.2, 0) is 11.2 Å². The van der Waals surface area contributed by atoms with Gasteiger partial charge in [0.15, 0.2) is 11.6 Å². The number of nitrogens with two attached hydrogens (primary N) is 1. The number of rotatable bonds is 9. The molecule has 38 heavy (non-hydrogen) atoms. The number of halogens is 2. The van der Waals surface area contributed by atoms with Crippen molar-refractivity contribution in [2.45, 2.75) is 19.8 Å². The maximum Gasteiger partial charge on any atom is 0.219 e. The highest BCUT2D eigenvalue weighted by Crippen LogP contribution is 2.36. The molecule has 2 aromatic heterocycles. The average Bonchev–Trinajstić information content (AvgIpc) is 2.96. The molecule has 2 aromatic carbocycles. The number of nitrogen functional groups attached to an aromatic ring is 1. The van der Waals surface area contributed by atoms with Crippen LogP contribution in [0.5, 0.6) is 0 Å². The Morgan fingerprint density at radius 2 is 1.89 bits per heavy atom. The van der Waals surface area contributed by atoms with E-state index in [1.165, 1.54) is 11.9 Å². The lowest BCUT2D eigenvalue weighted by Gasteiger charge is -2.29. The molecule has 1 aliphatic heterocycles. The molecule has 8 nitrogen and oxygen atoms in total. The summed E-state index contributed by atoms with van der Waals surface area (Å²) < 4.78 is 36.7. The highest BCUT2D eigenvalue weighted by atomic mass is 32.2. The lowest BCUT2D eigenvalue weighted by molar-refractivity contribution is 0.122. The first kappa shape index (κ1) is 26.1. The lowest BCUT2D eigenvalue weighted by atomic mass is 9.97. The first-order chi connectivity index (χ1) is 18.6. The molecule has 0 aliphatic carbocycles. The molecule has 5 rings (SSSR count). The van der Waals surface area contributed by atoms with Crippen molar-refractivity contribution in [2.75, 3.05) is 54.1 Å². The van der Waals surface area contributed by atoms with Crippen molar-refractivity contribution < 1.29 is 13.5 Å². The summed E-state index contributed by atoms with van der Waals surface area (Å²) in [6, 6.07) is 9.21. The van der Waals surface area contributed by atoms with Gasteiger partial charge in [-0.2, -0.15) is 0 Å². The van der Waals surface area contributed by atoms with Crippen LogP contribution in [0.3, 0.4) is 0 Å². The summed E-state index contributed by atoms with van der Waals surface area (Å²) in [7, 11) is 0. The Labute approximate surface area is 224 Å². The quantitative estimate of drug-likeness (QED) is 0.218. The Kier molecular flexibility index (Phi) is 8.14. The number of aryl methyl sites for hydroxylation is 1. The van der Waals surface area contributed by atoms with Crippen LogP contribution in [0.2, 0.25) is 0 Å². The number of nitrogens with one attached hydrogen (secondary N) is 1. The van der Waals surface area contributed by atoms with Crippen molar-refractivity contribution >= 4 is 40.3 Å². The van der Waals surface area contributed by atoms with Crippen molar-refractivity contribution in [2.24, 2.45) is 0 Å². The molecular weight excluding hydrogens is 508 g/mol. The molecule has 0 spiro atoms. The van der Waals surface area contributed by atoms with Gasteiger partial charge < -0.3 is 20.1 Å². The van der Waals surface area contributed by atoms with Crippen LogP contribution in [0.1, 0.15) is 18.9 Å². The monoisotopic (exact) mass is 537 g/mol. The van der Waals surface area contributed by atoms with E-state index < -0.39 is 6.67 Å². The molecule has 198 valence electrons. The summed E-state index contributed by atoms with van der Waals surface area (Å²) in [4.78, 5) is 20.2. The normalized spacial score (nSPS) is 13.7. The number of hydrogen-bond acceptors (Lipinski definition) is 9.